The van der Waals surface area contributed by atoms with Crippen molar-refractivity contribution in [1.29, 1.82) is 0 Å². The number of benzene rings is 1. The van der Waals surface area contributed by atoms with Crippen LogP contribution in [0, 0.1) is 5.82 Å². The van der Waals surface area contributed by atoms with Gasteiger partial charge in [0.1, 0.15) is 5.82 Å². The van der Waals surface area contributed by atoms with Gasteiger partial charge in [-0.2, -0.15) is 5.10 Å². The molecule has 3 aromatic rings. The molecule has 2 aliphatic rings. The van der Waals surface area contributed by atoms with Crippen molar-refractivity contribution in [3.8, 4) is 11.3 Å². The number of nitrogens with two attached hydrogens (primary N) is 1. The zero-order valence-corrected chi connectivity index (χ0v) is 17.2. The van der Waals surface area contributed by atoms with Gasteiger partial charge in [-0.15, -0.1) is 10.2 Å². The number of hydrogen-bond donors (Lipinski definition) is 1. The number of anilines is 2. The van der Waals surface area contributed by atoms with Crippen LogP contribution in [0.2, 0.25) is 0 Å². The second-order valence-corrected chi connectivity index (χ2v) is 7.84. The second kappa shape index (κ2) is 7.31. The Bertz CT molecular complexity index is 1180. The summed E-state index contributed by atoms with van der Waals surface area (Å²) in [4.78, 5) is 17.0. The molecule has 1 saturated heterocycles. The molecule has 31 heavy (non-hydrogen) atoms. The van der Waals surface area contributed by atoms with Crippen LogP contribution in [0.5, 0.6) is 0 Å². The third kappa shape index (κ3) is 3.28. The smallest absolute Gasteiger partial charge is 0.254 e. The number of nitrogens with zero attached hydrogens (tertiary/aromatic N) is 6. The summed E-state index contributed by atoms with van der Waals surface area (Å²) in [5.41, 5.74) is 9.94. The fourth-order valence-corrected chi connectivity index (χ4v) is 4.27. The third-order valence-electron chi connectivity index (χ3n) is 5.76. The number of halogens is 1. The molecular weight excluding hydrogens is 401 g/mol. The maximum absolute atomic E-state index is 14.3. The highest BCUT2D eigenvalue weighted by Gasteiger charge is 2.32. The molecule has 1 atom stereocenters. The van der Waals surface area contributed by atoms with Crippen molar-refractivity contribution in [2.75, 3.05) is 37.4 Å². The molecule has 160 valence electrons. The molecule has 4 heterocycles. The molecule has 9 nitrogen and oxygen atoms in total. The van der Waals surface area contributed by atoms with E-state index in [-0.39, 0.29) is 18.3 Å². The largest absolute Gasteiger partial charge is 0.380 e. The number of carbonyl (C=O) groups excluding carboxylic acids is 1. The van der Waals surface area contributed by atoms with Crippen LogP contribution in [-0.4, -0.2) is 57.6 Å². The normalized spacial score (nSPS) is 18.5. The van der Waals surface area contributed by atoms with Crippen molar-refractivity contribution in [2.24, 2.45) is 7.05 Å². The van der Waals surface area contributed by atoms with Crippen molar-refractivity contribution in [2.45, 2.75) is 12.6 Å². The molecule has 1 amide bonds. The van der Waals surface area contributed by atoms with Crippen LogP contribution in [0.1, 0.15) is 27.7 Å². The van der Waals surface area contributed by atoms with Gasteiger partial charge < -0.3 is 20.3 Å². The van der Waals surface area contributed by atoms with E-state index in [1.807, 2.05) is 24.2 Å². The molecule has 2 aromatic heterocycles. The molecule has 0 saturated carbocycles. The minimum Gasteiger partial charge on any atom is -0.380 e. The molecule has 2 bridgehead atoms. The van der Waals surface area contributed by atoms with Gasteiger partial charge in [0, 0.05) is 38.0 Å². The second-order valence-electron chi connectivity index (χ2n) is 7.84. The van der Waals surface area contributed by atoms with Gasteiger partial charge in [-0.1, -0.05) is 0 Å². The summed E-state index contributed by atoms with van der Waals surface area (Å²) in [5, 5.41) is 13.0. The number of fused-ring (bicyclic) bond motifs is 8. The Morgan fingerprint density at radius 1 is 1.19 bits per heavy atom. The topological polar surface area (TPSA) is 102 Å². The SMILES string of the molecule is CN1Cc2nn(C)cc2-c2cc(c(N)nn2)N2CCOC[C@@H]2c2cc(F)ccc2C1=O. The van der Waals surface area contributed by atoms with Gasteiger partial charge in [-0.3, -0.25) is 9.48 Å². The third-order valence-corrected chi connectivity index (χ3v) is 5.76. The number of carbonyl (C=O) groups is 1. The van der Waals surface area contributed by atoms with Gasteiger partial charge in [-0.25, -0.2) is 4.39 Å². The first-order chi connectivity index (χ1) is 14.9. The summed E-state index contributed by atoms with van der Waals surface area (Å²) in [6.45, 7) is 1.55. The van der Waals surface area contributed by atoms with Crippen LogP contribution in [0.4, 0.5) is 15.9 Å². The molecular formula is C21H22FN7O2. The first kappa shape index (κ1) is 19.4. The summed E-state index contributed by atoms with van der Waals surface area (Å²) in [7, 11) is 3.52. The maximum Gasteiger partial charge on any atom is 0.254 e. The van der Waals surface area contributed by atoms with Crippen LogP contribution in [0.25, 0.3) is 11.3 Å². The molecule has 2 N–H and O–H groups in total. The van der Waals surface area contributed by atoms with E-state index in [1.54, 1.807) is 16.6 Å². The molecule has 1 fully saturated rings. The highest BCUT2D eigenvalue weighted by molar-refractivity contribution is 5.96. The van der Waals surface area contributed by atoms with Crippen LogP contribution >= 0.6 is 0 Å². The maximum atomic E-state index is 14.3. The highest BCUT2D eigenvalue weighted by atomic mass is 19.1. The quantitative estimate of drug-likeness (QED) is 0.588. The summed E-state index contributed by atoms with van der Waals surface area (Å²) < 4.78 is 21.7. The van der Waals surface area contributed by atoms with Crippen LogP contribution < -0.4 is 10.6 Å². The van der Waals surface area contributed by atoms with E-state index < -0.39 is 11.9 Å². The Balaban J connectivity index is 1.78. The van der Waals surface area contributed by atoms with E-state index in [0.717, 1.165) is 5.56 Å². The average molecular weight is 423 g/mol. The summed E-state index contributed by atoms with van der Waals surface area (Å²) in [6, 6.07) is 5.71. The van der Waals surface area contributed by atoms with E-state index in [2.05, 4.69) is 15.3 Å². The van der Waals surface area contributed by atoms with Gasteiger partial charge in [0.25, 0.3) is 5.91 Å². The molecule has 10 heteroatoms. The highest BCUT2D eigenvalue weighted by Crippen LogP contribution is 2.37. The van der Waals surface area contributed by atoms with Crippen molar-refractivity contribution in [1.82, 2.24) is 24.9 Å². The van der Waals surface area contributed by atoms with Crippen LogP contribution in [0.3, 0.4) is 0 Å². The summed E-state index contributed by atoms with van der Waals surface area (Å²) in [6.07, 6.45) is 1.85. The van der Waals surface area contributed by atoms with Crippen molar-refractivity contribution in [3.63, 3.8) is 0 Å². The molecule has 0 spiro atoms. The number of aryl methyl sites for hydroxylation is 1. The molecule has 0 unspecified atom stereocenters. The van der Waals surface area contributed by atoms with E-state index in [9.17, 15) is 9.18 Å². The molecule has 1 aromatic carbocycles. The minimum atomic E-state index is -0.416. The number of hydrogen-bond acceptors (Lipinski definition) is 7. The van der Waals surface area contributed by atoms with Gasteiger partial charge in [-0.05, 0) is 29.8 Å². The van der Waals surface area contributed by atoms with E-state index in [4.69, 9.17) is 10.5 Å². The molecule has 2 aliphatic heterocycles. The summed E-state index contributed by atoms with van der Waals surface area (Å²) in [5.74, 6) is -0.375. The Morgan fingerprint density at radius 3 is 2.87 bits per heavy atom. The van der Waals surface area contributed by atoms with Crippen molar-refractivity contribution >= 4 is 17.4 Å². The number of morpholine rings is 1. The first-order valence-electron chi connectivity index (χ1n) is 9.97. The molecule has 0 radical (unpaired) electrons. The number of amides is 1. The Kier molecular flexibility index (Phi) is 4.58. The fourth-order valence-electron chi connectivity index (χ4n) is 4.27. The van der Waals surface area contributed by atoms with Crippen molar-refractivity contribution < 1.29 is 13.9 Å². The van der Waals surface area contributed by atoms with Gasteiger partial charge in [0.2, 0.25) is 0 Å². The first-order valence-corrected chi connectivity index (χ1v) is 9.97. The monoisotopic (exact) mass is 423 g/mol. The van der Waals surface area contributed by atoms with Crippen molar-refractivity contribution in [3.05, 3.63) is 53.1 Å². The minimum absolute atomic E-state index is 0.222. The Labute approximate surface area is 178 Å². The van der Waals surface area contributed by atoms with E-state index >= 15 is 0 Å². The lowest BCUT2D eigenvalue weighted by Crippen LogP contribution is -2.41. The number of nitrogen functional groups attached to an aromatic ring is 1. The lowest BCUT2D eigenvalue weighted by molar-refractivity contribution is 0.0772. The Hall–Kier alpha value is -3.53. The summed E-state index contributed by atoms with van der Waals surface area (Å²) >= 11 is 0. The fraction of sp³-hybridized carbons (Fsp3) is 0.333. The number of aromatic nitrogens is 4. The Morgan fingerprint density at radius 2 is 2.03 bits per heavy atom. The zero-order chi connectivity index (χ0) is 21.7. The molecule has 0 aliphatic carbocycles. The molecule has 5 rings (SSSR count). The van der Waals surface area contributed by atoms with Gasteiger partial charge >= 0.3 is 0 Å². The van der Waals surface area contributed by atoms with Gasteiger partial charge in [0.05, 0.1) is 42.9 Å². The van der Waals surface area contributed by atoms with Gasteiger partial charge in [0.15, 0.2) is 5.82 Å². The lowest BCUT2D eigenvalue weighted by Gasteiger charge is -2.39. The van der Waals surface area contributed by atoms with E-state index in [1.165, 1.54) is 18.2 Å². The average Bonchev–Trinajstić information content (AvgIpc) is 3.13. The van der Waals surface area contributed by atoms with Crippen LogP contribution in [0.15, 0.2) is 30.5 Å². The predicted molar refractivity (Wildman–Crippen MR) is 112 cm³/mol. The van der Waals surface area contributed by atoms with E-state index in [0.29, 0.717) is 48.0 Å². The number of ether oxygens (including phenoxy) is 1. The number of rotatable bonds is 0. The standard InChI is InChI=1S/C21H22FN7O2/c1-27-10-17-15(9-28(2)26-17)16-8-18(20(23)25-24-16)29-5-6-31-11-19(29)14-7-12(22)3-4-13(14)21(27)30/h3-4,7-9,19H,5-6,10-11H2,1-2H3,(H2,23,25)/t19-/m1/s1. The lowest BCUT2D eigenvalue weighted by atomic mass is 9.96. The predicted octanol–water partition coefficient (Wildman–Crippen LogP) is 1.76. The van der Waals surface area contributed by atoms with Crippen LogP contribution in [-0.2, 0) is 18.3 Å². The zero-order valence-electron chi connectivity index (χ0n) is 17.2.